The van der Waals surface area contributed by atoms with Gasteiger partial charge in [-0.2, -0.15) is 0 Å². The zero-order valence-electron chi connectivity index (χ0n) is 18.3. The lowest BCUT2D eigenvalue weighted by atomic mass is 9.69. The summed E-state index contributed by atoms with van der Waals surface area (Å²) in [6, 6.07) is 2.56. The number of halogens is 2. The molecule has 0 saturated carbocycles. The molecule has 32 heavy (non-hydrogen) atoms. The number of cyclic esters (lactones) is 1. The average molecular weight is 444 g/mol. The van der Waals surface area contributed by atoms with E-state index in [0.717, 1.165) is 30.5 Å². The van der Waals surface area contributed by atoms with E-state index in [0.29, 0.717) is 6.07 Å². The zero-order valence-corrected chi connectivity index (χ0v) is 18.3. The lowest BCUT2D eigenvalue weighted by molar-refractivity contribution is -0.140. The van der Waals surface area contributed by atoms with Gasteiger partial charge in [0.15, 0.2) is 5.78 Å². The van der Waals surface area contributed by atoms with Crippen LogP contribution in [0.15, 0.2) is 53.6 Å². The second kappa shape index (κ2) is 9.59. The smallest absolute Gasteiger partial charge is 0.341 e. The Bertz CT molecular complexity index is 1020. The molecular formula is C25H26F2O5. The summed E-state index contributed by atoms with van der Waals surface area (Å²) in [5.41, 5.74) is 0.592. The molecule has 7 heteroatoms. The molecule has 3 atom stereocenters. The maximum atomic E-state index is 13.9. The second-order valence-corrected chi connectivity index (χ2v) is 8.57. The minimum atomic E-state index is -1.18. The van der Waals surface area contributed by atoms with Gasteiger partial charge in [0, 0.05) is 12.5 Å². The number of rotatable bonds is 6. The molecule has 1 heterocycles. The van der Waals surface area contributed by atoms with E-state index in [1.165, 1.54) is 17.7 Å². The van der Waals surface area contributed by atoms with Gasteiger partial charge in [0.1, 0.15) is 23.8 Å². The highest BCUT2D eigenvalue weighted by Gasteiger charge is 2.55. The molecule has 0 radical (unpaired) electrons. The van der Waals surface area contributed by atoms with Crippen LogP contribution in [-0.2, 0) is 19.1 Å². The summed E-state index contributed by atoms with van der Waals surface area (Å²) in [4.78, 5) is 37.4. The topological polar surface area (TPSA) is 69.7 Å². The van der Waals surface area contributed by atoms with Gasteiger partial charge in [0.05, 0.1) is 17.4 Å². The lowest BCUT2D eigenvalue weighted by Gasteiger charge is -2.34. The van der Waals surface area contributed by atoms with E-state index in [-0.39, 0.29) is 18.6 Å². The SMILES string of the molecule is CC(C)=CCC/C(C)=C/[C@H]1OC(=O)C[C@]12C[C@H](OC(=O)c1ccc(F)cc1F)C=CC2=O. The van der Waals surface area contributed by atoms with Crippen LogP contribution in [0.5, 0.6) is 0 Å². The number of hydrogen-bond acceptors (Lipinski definition) is 5. The van der Waals surface area contributed by atoms with Gasteiger partial charge in [0.2, 0.25) is 0 Å². The van der Waals surface area contributed by atoms with E-state index in [1.54, 1.807) is 6.08 Å². The van der Waals surface area contributed by atoms with Crippen LogP contribution in [0.3, 0.4) is 0 Å². The fourth-order valence-corrected chi connectivity index (χ4v) is 4.02. The molecular weight excluding hydrogens is 418 g/mol. The van der Waals surface area contributed by atoms with Gasteiger partial charge in [0.25, 0.3) is 0 Å². The third kappa shape index (κ3) is 5.21. The first-order chi connectivity index (χ1) is 15.1. The highest BCUT2D eigenvalue weighted by atomic mass is 19.1. The second-order valence-electron chi connectivity index (χ2n) is 8.57. The Kier molecular flexibility index (Phi) is 7.06. The van der Waals surface area contributed by atoms with Crippen LogP contribution < -0.4 is 0 Å². The molecule has 1 spiro atoms. The molecule has 0 N–H and O–H groups in total. The van der Waals surface area contributed by atoms with Crippen molar-refractivity contribution in [2.75, 3.05) is 0 Å². The normalized spacial score (nSPS) is 25.1. The molecule has 1 saturated heterocycles. The summed E-state index contributed by atoms with van der Waals surface area (Å²) < 4.78 is 37.9. The van der Waals surface area contributed by atoms with E-state index in [1.807, 2.05) is 20.8 Å². The van der Waals surface area contributed by atoms with E-state index in [9.17, 15) is 23.2 Å². The quantitative estimate of drug-likeness (QED) is 0.456. The van der Waals surface area contributed by atoms with Crippen LogP contribution in [0.25, 0.3) is 0 Å². The third-order valence-electron chi connectivity index (χ3n) is 5.72. The maximum Gasteiger partial charge on any atom is 0.341 e. The van der Waals surface area contributed by atoms with E-state index in [2.05, 4.69) is 6.08 Å². The maximum absolute atomic E-state index is 13.9. The minimum absolute atomic E-state index is 0.0328. The standard InChI is InChI=1S/C25H26F2O5/c1-15(2)5-4-6-16(3)11-22-25(14-23(29)32-22)13-18(8-10-21(25)28)31-24(30)19-9-7-17(26)12-20(19)27/h5,7-12,18,22H,4,6,13-14H2,1-3H3/b16-11+/t18-,22-,25+/m1/s1. The molecule has 1 aliphatic heterocycles. The summed E-state index contributed by atoms with van der Waals surface area (Å²) >= 11 is 0. The number of allylic oxidation sites excluding steroid dienone is 4. The molecule has 0 bridgehead atoms. The number of ketones is 1. The van der Waals surface area contributed by atoms with Crippen LogP contribution in [0.4, 0.5) is 8.78 Å². The molecule has 0 amide bonds. The fraction of sp³-hybridized carbons (Fsp3) is 0.400. The average Bonchev–Trinajstić information content (AvgIpc) is 2.99. The predicted molar refractivity (Wildman–Crippen MR) is 114 cm³/mol. The van der Waals surface area contributed by atoms with Gasteiger partial charge in [-0.1, -0.05) is 17.2 Å². The Morgan fingerprint density at radius 2 is 2.00 bits per heavy atom. The zero-order chi connectivity index (χ0) is 23.5. The van der Waals surface area contributed by atoms with Gasteiger partial charge >= 0.3 is 11.9 Å². The van der Waals surface area contributed by atoms with E-state index >= 15 is 0 Å². The van der Waals surface area contributed by atoms with Gasteiger partial charge in [-0.3, -0.25) is 9.59 Å². The van der Waals surface area contributed by atoms with Crippen molar-refractivity contribution in [1.82, 2.24) is 0 Å². The Balaban J connectivity index is 1.78. The van der Waals surface area contributed by atoms with Crippen molar-refractivity contribution < 1.29 is 32.6 Å². The summed E-state index contributed by atoms with van der Waals surface area (Å²) in [6.07, 6.45) is 6.44. The highest BCUT2D eigenvalue weighted by molar-refractivity contribution is 6.00. The Morgan fingerprint density at radius 1 is 1.25 bits per heavy atom. The molecule has 0 unspecified atom stereocenters. The Morgan fingerprint density at radius 3 is 2.69 bits per heavy atom. The Hall–Kier alpha value is -3.09. The van der Waals surface area contributed by atoms with Gasteiger partial charge in [-0.15, -0.1) is 0 Å². The van der Waals surface area contributed by atoms with Crippen molar-refractivity contribution >= 4 is 17.7 Å². The van der Waals surface area contributed by atoms with Crippen molar-refractivity contribution in [2.45, 2.75) is 58.7 Å². The first-order valence-electron chi connectivity index (χ1n) is 10.5. The van der Waals surface area contributed by atoms with Crippen molar-refractivity contribution in [2.24, 2.45) is 5.41 Å². The van der Waals surface area contributed by atoms with Crippen molar-refractivity contribution in [3.8, 4) is 0 Å². The molecule has 1 aromatic carbocycles. The van der Waals surface area contributed by atoms with Crippen molar-refractivity contribution in [1.29, 1.82) is 0 Å². The van der Waals surface area contributed by atoms with Gasteiger partial charge in [-0.25, -0.2) is 13.6 Å². The molecule has 170 valence electrons. The summed E-state index contributed by atoms with van der Waals surface area (Å²) in [5, 5.41) is 0. The summed E-state index contributed by atoms with van der Waals surface area (Å²) in [5.74, 6) is -3.59. The predicted octanol–water partition coefficient (Wildman–Crippen LogP) is 5.01. The highest BCUT2D eigenvalue weighted by Crippen LogP contribution is 2.45. The monoisotopic (exact) mass is 444 g/mol. The number of carbonyl (C=O) groups is 3. The third-order valence-corrected chi connectivity index (χ3v) is 5.72. The van der Waals surface area contributed by atoms with Crippen molar-refractivity contribution in [3.63, 3.8) is 0 Å². The van der Waals surface area contributed by atoms with Crippen LogP contribution in [0.1, 0.15) is 56.8 Å². The van der Waals surface area contributed by atoms with Crippen LogP contribution in [-0.4, -0.2) is 29.9 Å². The molecule has 5 nitrogen and oxygen atoms in total. The van der Waals surface area contributed by atoms with Gasteiger partial charge < -0.3 is 9.47 Å². The van der Waals surface area contributed by atoms with Crippen molar-refractivity contribution in [3.05, 3.63) is 70.8 Å². The first kappa shape index (κ1) is 23.6. The van der Waals surface area contributed by atoms with Crippen LogP contribution >= 0.6 is 0 Å². The lowest BCUT2D eigenvalue weighted by Crippen LogP contribution is -2.43. The van der Waals surface area contributed by atoms with Gasteiger partial charge in [-0.05, 0) is 64.0 Å². The molecule has 1 aromatic rings. The Labute approximate surface area is 185 Å². The number of ether oxygens (including phenoxy) is 2. The molecule has 1 aliphatic carbocycles. The van der Waals surface area contributed by atoms with Crippen LogP contribution in [0.2, 0.25) is 0 Å². The van der Waals surface area contributed by atoms with E-state index < -0.39 is 46.8 Å². The minimum Gasteiger partial charge on any atom is -0.457 e. The molecule has 0 aromatic heterocycles. The number of esters is 2. The van der Waals surface area contributed by atoms with E-state index in [4.69, 9.17) is 9.47 Å². The number of carbonyl (C=O) groups excluding carboxylic acids is 3. The number of hydrogen-bond donors (Lipinski definition) is 0. The molecule has 2 aliphatic rings. The largest absolute Gasteiger partial charge is 0.457 e. The number of benzene rings is 1. The fourth-order valence-electron chi connectivity index (χ4n) is 4.02. The molecule has 1 fully saturated rings. The van der Waals surface area contributed by atoms with Crippen LogP contribution in [0, 0.1) is 17.0 Å². The first-order valence-corrected chi connectivity index (χ1v) is 10.5. The summed E-state index contributed by atoms with van der Waals surface area (Å²) in [7, 11) is 0. The summed E-state index contributed by atoms with van der Waals surface area (Å²) in [6.45, 7) is 5.94. The molecule has 3 rings (SSSR count).